The Hall–Kier alpha value is -1.84. The normalized spacial score (nSPS) is 17.2. The number of oxime groups is 1. The fourth-order valence-electron chi connectivity index (χ4n) is 1.64. The molecular formula is C10H10N2O2. The van der Waals surface area contributed by atoms with Crippen molar-refractivity contribution in [1.29, 1.82) is 0 Å². The van der Waals surface area contributed by atoms with Gasteiger partial charge >= 0.3 is 0 Å². The molecule has 0 fully saturated rings. The number of amides is 1. The number of carbonyl (C=O) groups is 1. The van der Waals surface area contributed by atoms with Crippen molar-refractivity contribution in [2.45, 2.75) is 6.92 Å². The van der Waals surface area contributed by atoms with E-state index < -0.39 is 0 Å². The van der Waals surface area contributed by atoms with E-state index >= 15 is 0 Å². The molecule has 0 bridgehead atoms. The molecule has 1 aromatic rings. The lowest BCUT2D eigenvalue weighted by atomic mass is 10.1. The third-order valence-corrected chi connectivity index (χ3v) is 2.31. The van der Waals surface area contributed by atoms with Crippen LogP contribution in [0.5, 0.6) is 0 Å². The van der Waals surface area contributed by atoms with Crippen LogP contribution in [-0.4, -0.2) is 23.4 Å². The third-order valence-electron chi connectivity index (χ3n) is 2.31. The maximum Gasteiger partial charge on any atom is 0.224 e. The molecule has 0 saturated carbocycles. The van der Waals surface area contributed by atoms with Gasteiger partial charge in [0.05, 0.1) is 12.2 Å². The largest absolute Gasteiger partial charge is 0.411 e. The van der Waals surface area contributed by atoms with Crippen molar-refractivity contribution in [3.63, 3.8) is 0 Å². The lowest BCUT2D eigenvalue weighted by Crippen LogP contribution is -2.27. The summed E-state index contributed by atoms with van der Waals surface area (Å²) in [5.74, 6) is -0.0453. The number of rotatable bonds is 0. The average Bonchev–Trinajstić information content (AvgIpc) is 2.56. The fraction of sp³-hybridized carbons (Fsp3) is 0.200. The fourth-order valence-corrected chi connectivity index (χ4v) is 1.64. The maximum absolute atomic E-state index is 11.3. The van der Waals surface area contributed by atoms with Gasteiger partial charge in [-0.25, -0.2) is 0 Å². The lowest BCUT2D eigenvalue weighted by molar-refractivity contribution is -0.116. The van der Waals surface area contributed by atoms with Gasteiger partial charge in [-0.3, -0.25) is 4.79 Å². The summed E-state index contributed by atoms with van der Waals surface area (Å²) >= 11 is 0. The molecule has 0 saturated heterocycles. The lowest BCUT2D eigenvalue weighted by Gasteiger charge is -2.12. The molecule has 0 unspecified atom stereocenters. The molecule has 4 heteroatoms. The summed E-state index contributed by atoms with van der Waals surface area (Å²) in [5, 5.41) is 11.9. The van der Waals surface area contributed by atoms with Crippen molar-refractivity contribution >= 4 is 17.3 Å². The molecule has 0 atom stereocenters. The number of benzene rings is 1. The first kappa shape index (κ1) is 8.74. The highest BCUT2D eigenvalue weighted by Gasteiger charge is 2.27. The maximum atomic E-state index is 11.3. The zero-order valence-electron chi connectivity index (χ0n) is 7.77. The van der Waals surface area contributed by atoms with E-state index in [1.54, 1.807) is 4.90 Å². The van der Waals surface area contributed by atoms with Gasteiger partial charge in [-0.15, -0.1) is 0 Å². The van der Waals surface area contributed by atoms with Crippen molar-refractivity contribution in [2.75, 3.05) is 11.4 Å². The minimum atomic E-state index is -0.0453. The van der Waals surface area contributed by atoms with Crippen molar-refractivity contribution in [2.24, 2.45) is 5.16 Å². The highest BCUT2D eigenvalue weighted by atomic mass is 16.4. The summed E-state index contributed by atoms with van der Waals surface area (Å²) in [6.07, 6.45) is 0. The van der Waals surface area contributed by atoms with E-state index in [0.29, 0.717) is 12.3 Å². The van der Waals surface area contributed by atoms with Crippen LogP contribution >= 0.6 is 0 Å². The molecule has 0 aromatic heterocycles. The zero-order valence-corrected chi connectivity index (χ0v) is 7.77. The topological polar surface area (TPSA) is 52.9 Å². The molecule has 1 N–H and O–H groups in total. The summed E-state index contributed by atoms with van der Waals surface area (Å²) in [5.41, 5.74) is 2.17. The molecule has 0 aliphatic carbocycles. The summed E-state index contributed by atoms with van der Waals surface area (Å²) < 4.78 is 0. The quantitative estimate of drug-likeness (QED) is 0.494. The number of hydrogen-bond donors (Lipinski definition) is 1. The van der Waals surface area contributed by atoms with Gasteiger partial charge in [0.15, 0.2) is 0 Å². The van der Waals surface area contributed by atoms with Crippen LogP contribution in [0.25, 0.3) is 0 Å². The number of fused-ring (bicyclic) bond motifs is 1. The van der Waals surface area contributed by atoms with Crippen LogP contribution in [-0.2, 0) is 4.79 Å². The molecule has 1 aliphatic rings. The van der Waals surface area contributed by atoms with Gasteiger partial charge in [-0.2, -0.15) is 0 Å². The van der Waals surface area contributed by atoms with Crippen LogP contribution in [0, 0.1) is 0 Å². The van der Waals surface area contributed by atoms with Crippen molar-refractivity contribution in [3.8, 4) is 0 Å². The molecule has 14 heavy (non-hydrogen) atoms. The Morgan fingerprint density at radius 2 is 2.21 bits per heavy atom. The van der Waals surface area contributed by atoms with E-state index in [-0.39, 0.29) is 5.91 Å². The Kier molecular flexibility index (Phi) is 1.96. The third kappa shape index (κ3) is 1.16. The molecule has 4 nitrogen and oxygen atoms in total. The van der Waals surface area contributed by atoms with Crippen molar-refractivity contribution in [3.05, 3.63) is 29.8 Å². The first-order valence-electron chi connectivity index (χ1n) is 4.32. The first-order valence-corrected chi connectivity index (χ1v) is 4.32. The Bertz CT molecular complexity index is 412. The van der Waals surface area contributed by atoms with Crippen LogP contribution in [0.15, 0.2) is 29.4 Å². The van der Waals surface area contributed by atoms with Gasteiger partial charge in [0.2, 0.25) is 5.91 Å². The Balaban J connectivity index is 2.54. The van der Waals surface area contributed by atoms with E-state index in [0.717, 1.165) is 11.3 Å². The highest BCUT2D eigenvalue weighted by Crippen LogP contribution is 2.27. The standard InChI is InChI=1S/C10H10N2O2/c1-7(13)12-6-9(11-14)8-4-2-3-5-10(8)12/h2-5,14H,6H2,1H3/b11-9-. The van der Waals surface area contributed by atoms with Crippen molar-refractivity contribution in [1.82, 2.24) is 0 Å². The van der Waals surface area contributed by atoms with Crippen LogP contribution in [0.2, 0.25) is 0 Å². The van der Waals surface area contributed by atoms with Crippen LogP contribution in [0.1, 0.15) is 12.5 Å². The van der Waals surface area contributed by atoms with E-state index in [1.165, 1.54) is 6.92 Å². The smallest absolute Gasteiger partial charge is 0.224 e. The van der Waals surface area contributed by atoms with E-state index in [2.05, 4.69) is 5.16 Å². The van der Waals surface area contributed by atoms with Gasteiger partial charge in [0.25, 0.3) is 0 Å². The molecule has 72 valence electrons. The molecule has 1 heterocycles. The minimum absolute atomic E-state index is 0.0453. The van der Waals surface area contributed by atoms with Crippen LogP contribution < -0.4 is 4.90 Å². The Labute approximate surface area is 81.5 Å². The zero-order chi connectivity index (χ0) is 10.1. The van der Waals surface area contributed by atoms with Gasteiger partial charge in [0, 0.05) is 12.5 Å². The second-order valence-electron chi connectivity index (χ2n) is 3.17. The van der Waals surface area contributed by atoms with E-state index in [9.17, 15) is 4.79 Å². The molecule has 2 rings (SSSR count). The van der Waals surface area contributed by atoms with E-state index in [4.69, 9.17) is 5.21 Å². The van der Waals surface area contributed by atoms with Crippen molar-refractivity contribution < 1.29 is 10.0 Å². The minimum Gasteiger partial charge on any atom is -0.411 e. The number of nitrogens with zero attached hydrogens (tertiary/aromatic N) is 2. The summed E-state index contributed by atoms with van der Waals surface area (Å²) in [6, 6.07) is 7.39. The average molecular weight is 190 g/mol. The number of anilines is 1. The SMILES string of the molecule is CC(=O)N1C/C(=N/O)c2ccccc21. The van der Waals surface area contributed by atoms with Crippen LogP contribution in [0.3, 0.4) is 0 Å². The number of para-hydroxylation sites is 1. The Morgan fingerprint density at radius 3 is 2.86 bits per heavy atom. The monoisotopic (exact) mass is 190 g/mol. The summed E-state index contributed by atoms with van der Waals surface area (Å²) in [6.45, 7) is 1.85. The second-order valence-corrected chi connectivity index (χ2v) is 3.17. The van der Waals surface area contributed by atoms with E-state index in [1.807, 2.05) is 24.3 Å². The molecule has 1 aliphatic heterocycles. The molecule has 1 amide bonds. The highest BCUT2D eigenvalue weighted by molar-refractivity contribution is 6.17. The van der Waals surface area contributed by atoms with Gasteiger partial charge in [-0.05, 0) is 6.07 Å². The molecule has 0 radical (unpaired) electrons. The molecule has 0 spiro atoms. The predicted octanol–water partition coefficient (Wildman–Crippen LogP) is 1.23. The van der Waals surface area contributed by atoms with Gasteiger partial charge in [0.1, 0.15) is 5.71 Å². The van der Waals surface area contributed by atoms with Gasteiger partial charge < -0.3 is 10.1 Å². The number of hydrogen-bond acceptors (Lipinski definition) is 3. The number of carbonyl (C=O) groups excluding carboxylic acids is 1. The van der Waals surface area contributed by atoms with Gasteiger partial charge in [-0.1, -0.05) is 23.4 Å². The Morgan fingerprint density at radius 1 is 1.50 bits per heavy atom. The summed E-state index contributed by atoms with van der Waals surface area (Å²) in [7, 11) is 0. The second kappa shape index (κ2) is 3.14. The van der Waals surface area contributed by atoms with Crippen LogP contribution in [0.4, 0.5) is 5.69 Å². The molecular weight excluding hydrogens is 180 g/mol. The summed E-state index contributed by atoms with van der Waals surface area (Å²) in [4.78, 5) is 12.8. The molecule has 1 aromatic carbocycles. The first-order chi connectivity index (χ1) is 6.74. The predicted molar refractivity (Wildman–Crippen MR) is 52.8 cm³/mol.